The number of nitriles is 1. The lowest BCUT2D eigenvalue weighted by Crippen LogP contribution is -1.96. The highest BCUT2D eigenvalue weighted by molar-refractivity contribution is 7.17. The van der Waals surface area contributed by atoms with Crippen LogP contribution in [0.15, 0.2) is 48.8 Å². The molecule has 25 heavy (non-hydrogen) atoms. The molecule has 4 rings (SSSR count). The number of rotatable bonds is 3. The maximum absolute atomic E-state index is 13.3. The van der Waals surface area contributed by atoms with E-state index in [0.29, 0.717) is 0 Å². The summed E-state index contributed by atoms with van der Waals surface area (Å²) in [6, 6.07) is 12.4. The molecule has 122 valence electrons. The van der Waals surface area contributed by atoms with Gasteiger partial charge in [-0.25, -0.2) is 9.37 Å². The average Bonchev–Trinajstić information content (AvgIpc) is 3.12. The fraction of sp³-hybridized carbons (Fsp3) is 0.105. The molecule has 3 heterocycles. The van der Waals surface area contributed by atoms with E-state index in [4.69, 9.17) is 4.98 Å². The number of aromatic nitrogens is 3. The minimum absolute atomic E-state index is 0.239. The number of hydrogen-bond donors (Lipinski definition) is 0. The summed E-state index contributed by atoms with van der Waals surface area (Å²) in [5, 5.41) is 9.32. The molecule has 0 aliphatic heterocycles. The Labute approximate surface area is 147 Å². The highest BCUT2D eigenvalue weighted by Crippen LogP contribution is 2.36. The number of benzene rings is 1. The van der Waals surface area contributed by atoms with Crippen LogP contribution in [-0.4, -0.2) is 14.4 Å². The third kappa shape index (κ3) is 2.59. The fourth-order valence-electron chi connectivity index (χ4n) is 2.99. The standard InChI is InChI=1S/C19H13FN4S/c1-12-18(14-2-4-15(20)5-3-14)24-16(6-9-21)17(23-19(24)25-12)13-7-10-22-11-8-13/h2-5,7-8,10-11H,6H2,1H3. The lowest BCUT2D eigenvalue weighted by molar-refractivity contribution is 0.628. The van der Waals surface area contributed by atoms with Gasteiger partial charge in [-0.05, 0) is 48.9 Å². The van der Waals surface area contributed by atoms with E-state index in [-0.39, 0.29) is 12.2 Å². The summed E-state index contributed by atoms with van der Waals surface area (Å²) in [5.74, 6) is -0.270. The second-order valence-corrected chi connectivity index (χ2v) is 6.79. The monoisotopic (exact) mass is 348 g/mol. The molecule has 0 N–H and O–H groups in total. The topological polar surface area (TPSA) is 54.0 Å². The first kappa shape index (κ1) is 15.5. The van der Waals surface area contributed by atoms with E-state index in [1.54, 1.807) is 35.9 Å². The summed E-state index contributed by atoms with van der Waals surface area (Å²) in [7, 11) is 0. The first-order valence-electron chi connectivity index (χ1n) is 7.73. The van der Waals surface area contributed by atoms with Crippen LogP contribution in [0.25, 0.3) is 27.5 Å². The predicted octanol–water partition coefficient (Wildman–Crippen LogP) is 4.64. The van der Waals surface area contributed by atoms with Gasteiger partial charge in [0.25, 0.3) is 0 Å². The van der Waals surface area contributed by atoms with Crippen LogP contribution in [0.4, 0.5) is 4.39 Å². The molecule has 0 aliphatic carbocycles. The SMILES string of the molecule is Cc1sc2nc(-c3ccncc3)c(CC#N)n2c1-c1ccc(F)cc1. The van der Waals surface area contributed by atoms with Crippen LogP contribution in [0.1, 0.15) is 10.6 Å². The van der Waals surface area contributed by atoms with Gasteiger partial charge in [0.1, 0.15) is 5.82 Å². The van der Waals surface area contributed by atoms with Crippen molar-refractivity contribution in [2.24, 2.45) is 0 Å². The Morgan fingerprint density at radius 2 is 1.84 bits per heavy atom. The molecule has 0 fully saturated rings. The fourth-order valence-corrected chi connectivity index (χ4v) is 4.00. The molecule has 4 aromatic rings. The van der Waals surface area contributed by atoms with Crippen molar-refractivity contribution in [2.45, 2.75) is 13.3 Å². The molecular formula is C19H13FN4S. The number of nitrogens with zero attached hydrogens (tertiary/aromatic N) is 4. The molecule has 0 radical (unpaired) electrons. The normalized spacial score (nSPS) is 10.9. The first-order valence-corrected chi connectivity index (χ1v) is 8.54. The summed E-state index contributed by atoms with van der Waals surface area (Å²) in [4.78, 5) is 10.7. The Kier molecular flexibility index (Phi) is 3.79. The van der Waals surface area contributed by atoms with E-state index < -0.39 is 0 Å². The Morgan fingerprint density at radius 1 is 1.12 bits per heavy atom. The zero-order chi connectivity index (χ0) is 17.4. The van der Waals surface area contributed by atoms with Crippen molar-refractivity contribution in [3.8, 4) is 28.6 Å². The number of halogens is 1. The molecule has 0 bridgehead atoms. The van der Waals surface area contributed by atoms with Gasteiger partial charge in [0.05, 0.1) is 29.6 Å². The predicted molar refractivity (Wildman–Crippen MR) is 95.7 cm³/mol. The molecule has 3 aromatic heterocycles. The molecule has 0 aliphatic rings. The summed E-state index contributed by atoms with van der Waals surface area (Å²) in [6.45, 7) is 2.01. The lowest BCUT2D eigenvalue weighted by Gasteiger charge is -2.06. The third-order valence-electron chi connectivity index (χ3n) is 4.06. The average molecular weight is 348 g/mol. The molecule has 0 saturated carbocycles. The molecular weight excluding hydrogens is 335 g/mol. The van der Waals surface area contributed by atoms with Crippen molar-refractivity contribution in [2.75, 3.05) is 0 Å². The van der Waals surface area contributed by atoms with Gasteiger partial charge in [-0.3, -0.25) is 9.38 Å². The number of thiazole rings is 1. The molecule has 0 atom stereocenters. The van der Waals surface area contributed by atoms with Gasteiger partial charge >= 0.3 is 0 Å². The number of pyridine rings is 1. The second kappa shape index (κ2) is 6.11. The number of imidazole rings is 1. The molecule has 4 nitrogen and oxygen atoms in total. The maximum atomic E-state index is 13.3. The van der Waals surface area contributed by atoms with Crippen LogP contribution in [-0.2, 0) is 6.42 Å². The number of hydrogen-bond acceptors (Lipinski definition) is 4. The van der Waals surface area contributed by atoms with Crippen molar-refractivity contribution in [1.82, 2.24) is 14.4 Å². The quantitative estimate of drug-likeness (QED) is 0.542. The first-order chi connectivity index (χ1) is 12.2. The Balaban J connectivity index is 2.01. The van der Waals surface area contributed by atoms with Crippen molar-refractivity contribution in [3.05, 3.63) is 65.2 Å². The molecule has 0 unspecified atom stereocenters. The van der Waals surface area contributed by atoms with Crippen LogP contribution in [0.3, 0.4) is 0 Å². The van der Waals surface area contributed by atoms with E-state index in [9.17, 15) is 9.65 Å². The maximum Gasteiger partial charge on any atom is 0.195 e. The van der Waals surface area contributed by atoms with Gasteiger partial charge < -0.3 is 0 Å². The largest absolute Gasteiger partial charge is 0.285 e. The molecule has 0 spiro atoms. The van der Waals surface area contributed by atoms with Gasteiger partial charge in [0.15, 0.2) is 4.96 Å². The van der Waals surface area contributed by atoms with E-state index >= 15 is 0 Å². The Hall–Kier alpha value is -3.04. The lowest BCUT2D eigenvalue weighted by atomic mass is 10.1. The van der Waals surface area contributed by atoms with Crippen molar-refractivity contribution < 1.29 is 4.39 Å². The van der Waals surface area contributed by atoms with Crippen LogP contribution >= 0.6 is 11.3 Å². The van der Waals surface area contributed by atoms with Gasteiger partial charge in [0, 0.05) is 22.8 Å². The zero-order valence-electron chi connectivity index (χ0n) is 13.4. The Bertz CT molecular complexity index is 1090. The number of aryl methyl sites for hydroxylation is 1. The number of fused-ring (bicyclic) bond motifs is 1. The minimum Gasteiger partial charge on any atom is -0.285 e. The summed E-state index contributed by atoms with van der Waals surface area (Å²) < 4.78 is 15.3. The summed E-state index contributed by atoms with van der Waals surface area (Å²) in [6.07, 6.45) is 3.67. The molecule has 0 amide bonds. The van der Waals surface area contributed by atoms with Gasteiger partial charge in [-0.1, -0.05) is 0 Å². The second-order valence-electron chi connectivity index (χ2n) is 5.61. The summed E-state index contributed by atoms with van der Waals surface area (Å²) in [5.41, 5.74) is 4.42. The van der Waals surface area contributed by atoms with E-state index in [0.717, 1.165) is 38.0 Å². The van der Waals surface area contributed by atoms with Crippen LogP contribution < -0.4 is 0 Å². The third-order valence-corrected chi connectivity index (χ3v) is 5.02. The van der Waals surface area contributed by atoms with E-state index in [2.05, 4.69) is 11.1 Å². The zero-order valence-corrected chi connectivity index (χ0v) is 14.2. The smallest absolute Gasteiger partial charge is 0.195 e. The minimum atomic E-state index is -0.270. The van der Waals surface area contributed by atoms with E-state index in [1.165, 1.54) is 12.1 Å². The van der Waals surface area contributed by atoms with Crippen molar-refractivity contribution in [3.63, 3.8) is 0 Å². The van der Waals surface area contributed by atoms with Gasteiger partial charge in [-0.2, -0.15) is 5.26 Å². The summed E-state index contributed by atoms with van der Waals surface area (Å²) >= 11 is 1.57. The van der Waals surface area contributed by atoms with Crippen LogP contribution in [0.2, 0.25) is 0 Å². The molecule has 1 aromatic carbocycles. The van der Waals surface area contributed by atoms with Crippen LogP contribution in [0, 0.1) is 24.1 Å². The van der Waals surface area contributed by atoms with Crippen LogP contribution in [0.5, 0.6) is 0 Å². The highest BCUT2D eigenvalue weighted by Gasteiger charge is 2.21. The highest BCUT2D eigenvalue weighted by atomic mass is 32.1. The van der Waals surface area contributed by atoms with Crippen molar-refractivity contribution >= 4 is 16.3 Å². The van der Waals surface area contributed by atoms with Gasteiger partial charge in [-0.15, -0.1) is 11.3 Å². The molecule has 0 saturated heterocycles. The molecule has 6 heteroatoms. The van der Waals surface area contributed by atoms with E-state index in [1.807, 2.05) is 23.5 Å². The van der Waals surface area contributed by atoms with Crippen molar-refractivity contribution in [1.29, 1.82) is 5.26 Å². The Morgan fingerprint density at radius 3 is 2.52 bits per heavy atom. The van der Waals surface area contributed by atoms with Gasteiger partial charge in [0.2, 0.25) is 0 Å².